The average Bonchev–Trinajstić information content (AvgIpc) is 4.14. The molecular weight excluding hydrogens is 915 g/mol. The van der Waals surface area contributed by atoms with Gasteiger partial charge in [0, 0.05) is 68.1 Å². The molecule has 3 aromatic carbocycles. The van der Waals surface area contributed by atoms with Crippen LogP contribution in [0.1, 0.15) is 74.1 Å². The van der Waals surface area contributed by atoms with Gasteiger partial charge in [0.05, 0.1) is 24.8 Å². The van der Waals surface area contributed by atoms with Gasteiger partial charge in [0.1, 0.15) is 17.6 Å². The predicted octanol–water partition coefficient (Wildman–Crippen LogP) is 2.74. The number of nitrogens with zero attached hydrogens (tertiary/aromatic N) is 2. The normalized spacial score (nSPS) is 24.8. The summed E-state index contributed by atoms with van der Waals surface area (Å²) >= 11 is 3.41. The fourth-order valence-corrected chi connectivity index (χ4v) is 12.1. The van der Waals surface area contributed by atoms with Gasteiger partial charge in [-0.2, -0.15) is 0 Å². The zero-order chi connectivity index (χ0) is 48.0. The van der Waals surface area contributed by atoms with Gasteiger partial charge >= 0.3 is 6.03 Å². The summed E-state index contributed by atoms with van der Waals surface area (Å²) in [4.78, 5) is 67.9. The number of benzene rings is 3. The predicted molar refractivity (Wildman–Crippen MR) is 261 cm³/mol. The Morgan fingerprint density at radius 2 is 1.58 bits per heavy atom. The van der Waals surface area contributed by atoms with E-state index in [0.717, 1.165) is 39.9 Å². The second kappa shape index (κ2) is 21.7. The summed E-state index contributed by atoms with van der Waals surface area (Å²) in [6.07, 6.45) is 0.745. The molecule has 67 heavy (non-hydrogen) atoms. The third-order valence-corrected chi connectivity index (χ3v) is 16.4. The summed E-state index contributed by atoms with van der Waals surface area (Å²) in [5.74, 6) is -0.388. The molecule has 0 saturated carbocycles. The van der Waals surface area contributed by atoms with Gasteiger partial charge in [0.15, 0.2) is 0 Å². The first-order valence-corrected chi connectivity index (χ1v) is 26.6. The van der Waals surface area contributed by atoms with Gasteiger partial charge in [-0.05, 0) is 64.3 Å². The van der Waals surface area contributed by atoms with E-state index in [1.54, 1.807) is 0 Å². The molecule has 4 saturated heterocycles. The van der Waals surface area contributed by atoms with Crippen molar-refractivity contribution in [2.24, 2.45) is 11.3 Å². The maximum absolute atomic E-state index is 14.2. The molecule has 4 heterocycles. The number of sulfonamides is 1. The molecule has 17 nitrogen and oxygen atoms in total. The van der Waals surface area contributed by atoms with Crippen LogP contribution in [-0.2, 0) is 42.3 Å². The lowest BCUT2D eigenvalue weighted by atomic mass is 9.85. The number of amides is 6. The minimum Gasteiger partial charge on any atom is -0.391 e. The van der Waals surface area contributed by atoms with Crippen LogP contribution in [0.3, 0.4) is 0 Å². The van der Waals surface area contributed by atoms with Crippen LogP contribution in [0, 0.1) is 11.3 Å². The van der Waals surface area contributed by atoms with Crippen molar-refractivity contribution in [1.82, 2.24) is 46.4 Å². The number of hydrogen-bond donors (Lipinski definition) is 8. The Balaban J connectivity index is 0.886. The van der Waals surface area contributed by atoms with Crippen LogP contribution >= 0.6 is 23.5 Å². The van der Waals surface area contributed by atoms with Crippen LogP contribution in [-0.4, -0.2) is 126 Å². The van der Waals surface area contributed by atoms with E-state index < -0.39 is 51.5 Å². The number of β-amino-alcohol motifs (C(OH)–C–C–N with tert-alkyl or cyclic N) is 1. The first kappa shape index (κ1) is 50.2. The molecule has 4 aliphatic rings. The number of likely N-dealkylation sites (tertiary alicyclic amines) is 1. The first-order valence-electron chi connectivity index (χ1n) is 22.7. The van der Waals surface area contributed by atoms with Crippen molar-refractivity contribution in [3.05, 3.63) is 95.1 Å². The van der Waals surface area contributed by atoms with Crippen LogP contribution in [0.2, 0.25) is 0 Å². The fourth-order valence-electron chi connectivity index (χ4n) is 8.82. The van der Waals surface area contributed by atoms with Gasteiger partial charge in [0.25, 0.3) is 0 Å². The first-order chi connectivity index (χ1) is 31.8. The lowest BCUT2D eigenvalue weighted by Crippen LogP contribution is -2.59. The van der Waals surface area contributed by atoms with Crippen molar-refractivity contribution in [2.75, 3.05) is 44.1 Å². The molecule has 5 unspecified atom stereocenters. The monoisotopic (exact) mass is 977 g/mol. The fraction of sp³-hybridized carbons (Fsp3) is 0.511. The van der Waals surface area contributed by atoms with E-state index in [-0.39, 0.29) is 75.0 Å². The van der Waals surface area contributed by atoms with E-state index in [2.05, 4.69) is 62.3 Å². The maximum Gasteiger partial charge on any atom is 0.315 e. The van der Waals surface area contributed by atoms with E-state index in [1.165, 1.54) is 26.5 Å². The number of carbonyl (C=O) groups excluding carboxylic acids is 5. The highest BCUT2D eigenvalue weighted by Crippen LogP contribution is 2.36. The number of urea groups is 1. The molecule has 3 aromatic rings. The highest BCUT2D eigenvalue weighted by molar-refractivity contribution is 8.00. The SMILES string of the molecule is CC1NCSC1c1ccc(CNC(=O)[C@@H]2C[C@@H](O)CN2C(=O)[C@@H](NC(=O)NCc2cccc(-c3cccc(C4CSC(NC(=O)CNC(=O)C5CCN(S(C)(=O)=O)C5)N4)c3)c2)C(C)(C)C)cc1. The Bertz CT molecular complexity index is 2400. The number of hydrogen-bond acceptors (Lipinski definition) is 12. The van der Waals surface area contributed by atoms with Crippen LogP contribution in [0.5, 0.6) is 0 Å². The van der Waals surface area contributed by atoms with E-state index >= 15 is 0 Å². The van der Waals surface area contributed by atoms with Gasteiger partial charge in [-0.25, -0.2) is 17.5 Å². The molecule has 7 rings (SSSR count). The van der Waals surface area contributed by atoms with Gasteiger partial charge in [-0.1, -0.05) is 81.4 Å². The van der Waals surface area contributed by atoms with Gasteiger partial charge in [0.2, 0.25) is 33.7 Å². The largest absolute Gasteiger partial charge is 0.391 e. The third-order valence-electron chi connectivity index (χ3n) is 12.6. The van der Waals surface area contributed by atoms with Crippen LogP contribution in [0.15, 0.2) is 72.8 Å². The molecule has 4 aliphatic heterocycles. The van der Waals surface area contributed by atoms with Crippen molar-refractivity contribution < 1.29 is 37.5 Å². The molecular formula is C47H63N9O8S3. The van der Waals surface area contributed by atoms with Crippen LogP contribution in [0.25, 0.3) is 11.1 Å². The molecule has 0 aliphatic carbocycles. The Kier molecular flexibility index (Phi) is 16.3. The highest BCUT2D eigenvalue weighted by atomic mass is 32.2. The topological polar surface area (TPSA) is 230 Å². The zero-order valence-electron chi connectivity index (χ0n) is 38.5. The van der Waals surface area contributed by atoms with E-state index in [9.17, 15) is 37.5 Å². The maximum atomic E-state index is 14.2. The molecule has 8 N–H and O–H groups in total. The molecule has 4 fully saturated rings. The second-order valence-electron chi connectivity index (χ2n) is 18.9. The van der Waals surface area contributed by atoms with Crippen LogP contribution < -0.4 is 37.2 Å². The molecule has 20 heteroatoms. The number of carbonyl (C=O) groups is 5. The molecule has 0 radical (unpaired) electrons. The van der Waals surface area contributed by atoms with Gasteiger partial charge < -0.3 is 41.9 Å². The van der Waals surface area contributed by atoms with Gasteiger partial charge in [-0.3, -0.25) is 24.5 Å². The van der Waals surface area contributed by atoms with Crippen molar-refractivity contribution in [3.8, 4) is 11.1 Å². The van der Waals surface area contributed by atoms with Crippen molar-refractivity contribution in [2.45, 2.75) is 94.6 Å². The number of aliphatic hydroxyl groups is 1. The molecule has 0 aromatic heterocycles. The quantitative estimate of drug-likeness (QED) is 0.110. The van der Waals surface area contributed by atoms with Crippen molar-refractivity contribution >= 4 is 63.2 Å². The third kappa shape index (κ3) is 13.1. The molecule has 362 valence electrons. The second-order valence-corrected chi connectivity index (χ2v) is 23.1. The Morgan fingerprint density at radius 1 is 0.866 bits per heavy atom. The molecule has 0 bridgehead atoms. The van der Waals surface area contributed by atoms with E-state index in [4.69, 9.17) is 0 Å². The smallest absolute Gasteiger partial charge is 0.315 e. The number of aliphatic hydroxyl groups excluding tert-OH is 1. The summed E-state index contributed by atoms with van der Waals surface area (Å²) in [5, 5.41) is 32.2. The van der Waals surface area contributed by atoms with Gasteiger partial charge in [-0.15, -0.1) is 23.5 Å². The Labute approximate surface area is 401 Å². The lowest BCUT2D eigenvalue weighted by Gasteiger charge is -2.35. The zero-order valence-corrected chi connectivity index (χ0v) is 41.0. The minimum absolute atomic E-state index is 0.0209. The molecule has 6 amide bonds. The summed E-state index contributed by atoms with van der Waals surface area (Å²) < 4.78 is 24.9. The lowest BCUT2D eigenvalue weighted by molar-refractivity contribution is -0.142. The Hall–Kier alpha value is -4.70. The van der Waals surface area contributed by atoms with Crippen LogP contribution in [0.4, 0.5) is 4.79 Å². The van der Waals surface area contributed by atoms with Crippen molar-refractivity contribution in [1.29, 1.82) is 0 Å². The summed E-state index contributed by atoms with van der Waals surface area (Å²) in [6, 6.07) is 21.9. The summed E-state index contributed by atoms with van der Waals surface area (Å²) in [6.45, 7) is 8.31. The van der Waals surface area contributed by atoms with E-state index in [0.29, 0.717) is 23.5 Å². The standard InChI is InChI=1S/C47H63N9O8S3/c1-28-40(66-27-51-28)31-14-12-29(13-15-31)21-48-43(60)38-20-36(57)25-56(38)44(61)41(47(2,3)4)54-45(62)50-22-30-8-6-9-32(18-30)33-10-7-11-34(19-33)37-26-65-46(52-37)53-39(58)23-49-42(59)35-16-17-55(24-35)67(5,63)64/h6-15,18-19,28,35-38,40-41,46,51-52,57H,16-17,20-27H2,1-5H3,(H,48,60)(H,49,59)(H,53,58)(H2,50,54,62)/t28?,35?,36-,37?,38+,40?,41-,46?/m1/s1. The minimum atomic E-state index is -3.37. The number of thioether (sulfide) groups is 2. The van der Waals surface area contributed by atoms with E-state index in [1.807, 2.05) is 87.1 Å². The summed E-state index contributed by atoms with van der Waals surface area (Å²) in [5.41, 5.74) is 4.80. The molecule has 8 atom stereocenters. The number of rotatable bonds is 15. The highest BCUT2D eigenvalue weighted by Gasteiger charge is 2.44. The number of nitrogens with one attached hydrogen (secondary N) is 7. The molecule has 0 spiro atoms. The summed E-state index contributed by atoms with van der Waals surface area (Å²) in [7, 11) is -3.37. The van der Waals surface area contributed by atoms with Crippen molar-refractivity contribution in [3.63, 3.8) is 0 Å². The Morgan fingerprint density at radius 3 is 2.27 bits per heavy atom. The average molecular weight is 978 g/mol.